The number of carboxylic acids is 1. The van der Waals surface area contributed by atoms with Crippen LogP contribution < -0.4 is 0 Å². The van der Waals surface area contributed by atoms with Crippen molar-refractivity contribution in [2.75, 3.05) is 0 Å². The molecular formula is C20H25N3O2. The van der Waals surface area contributed by atoms with Crippen molar-refractivity contribution in [3.05, 3.63) is 59.6 Å². The monoisotopic (exact) mass is 339 g/mol. The summed E-state index contributed by atoms with van der Waals surface area (Å²) < 4.78 is 0. The SMILES string of the molecule is C=C1C=NC(Cc2cccc(CCC(=O)O)c2)=CN1/N=C\C(C)CC. The summed E-state index contributed by atoms with van der Waals surface area (Å²) in [4.78, 5) is 15.2. The van der Waals surface area contributed by atoms with Gasteiger partial charge in [-0.25, -0.2) is 5.01 Å². The van der Waals surface area contributed by atoms with Gasteiger partial charge >= 0.3 is 5.97 Å². The van der Waals surface area contributed by atoms with Crippen LogP contribution in [-0.2, 0) is 17.6 Å². The summed E-state index contributed by atoms with van der Waals surface area (Å²) in [6.45, 7) is 8.21. The van der Waals surface area contributed by atoms with Crippen LogP contribution in [0.5, 0.6) is 0 Å². The average Bonchev–Trinajstić information content (AvgIpc) is 2.60. The quantitative estimate of drug-likeness (QED) is 0.728. The van der Waals surface area contributed by atoms with Crippen molar-refractivity contribution >= 4 is 18.4 Å². The second-order valence-electron chi connectivity index (χ2n) is 6.26. The highest BCUT2D eigenvalue weighted by atomic mass is 16.4. The number of nitrogens with zero attached hydrogens (tertiary/aromatic N) is 3. The molecule has 0 aromatic heterocycles. The molecule has 0 amide bonds. The predicted molar refractivity (Wildman–Crippen MR) is 102 cm³/mol. The predicted octanol–water partition coefficient (Wildman–Crippen LogP) is 4.02. The Morgan fingerprint density at radius 2 is 2.20 bits per heavy atom. The summed E-state index contributed by atoms with van der Waals surface area (Å²) in [6.07, 6.45) is 7.92. The minimum Gasteiger partial charge on any atom is -0.481 e. The standard InChI is InChI=1S/C20H25N3O2/c1-4-15(2)12-22-23-14-19(21-13-16(23)3)11-18-7-5-6-17(10-18)8-9-20(24)25/h5-7,10,12-15H,3-4,8-9,11H2,1-2H3,(H,24,25)/b22-12-. The van der Waals surface area contributed by atoms with Gasteiger partial charge < -0.3 is 5.11 Å². The molecule has 25 heavy (non-hydrogen) atoms. The lowest BCUT2D eigenvalue weighted by Crippen LogP contribution is -2.16. The molecule has 5 heteroatoms. The molecule has 132 valence electrons. The number of benzene rings is 1. The molecule has 0 aliphatic carbocycles. The molecule has 1 heterocycles. The molecule has 0 spiro atoms. The number of aryl methyl sites for hydroxylation is 1. The Labute approximate surface area is 149 Å². The molecule has 1 N–H and O–H groups in total. The highest BCUT2D eigenvalue weighted by molar-refractivity contribution is 5.79. The Morgan fingerprint density at radius 1 is 1.44 bits per heavy atom. The lowest BCUT2D eigenvalue weighted by Gasteiger charge is -2.20. The van der Waals surface area contributed by atoms with E-state index in [2.05, 4.69) is 30.5 Å². The average molecular weight is 339 g/mol. The zero-order valence-electron chi connectivity index (χ0n) is 14.9. The van der Waals surface area contributed by atoms with Gasteiger partial charge in [0.25, 0.3) is 0 Å². The molecule has 2 rings (SSSR count). The molecule has 1 aliphatic heterocycles. The van der Waals surface area contributed by atoms with Gasteiger partial charge in [-0.3, -0.25) is 9.79 Å². The van der Waals surface area contributed by atoms with E-state index >= 15 is 0 Å². The van der Waals surface area contributed by atoms with Crippen molar-refractivity contribution in [1.29, 1.82) is 0 Å². The van der Waals surface area contributed by atoms with Crippen LogP contribution in [0.2, 0.25) is 0 Å². The molecule has 1 aromatic carbocycles. The maximum atomic E-state index is 10.7. The zero-order chi connectivity index (χ0) is 18.2. The number of allylic oxidation sites excluding steroid dienone is 2. The van der Waals surface area contributed by atoms with E-state index < -0.39 is 5.97 Å². The second kappa shape index (κ2) is 8.97. The minimum atomic E-state index is -0.779. The first-order valence-corrected chi connectivity index (χ1v) is 8.54. The molecule has 1 atom stereocenters. The van der Waals surface area contributed by atoms with E-state index in [-0.39, 0.29) is 6.42 Å². The molecule has 0 radical (unpaired) electrons. The van der Waals surface area contributed by atoms with Crippen molar-refractivity contribution in [3.8, 4) is 0 Å². The molecule has 0 bridgehead atoms. The van der Waals surface area contributed by atoms with E-state index in [1.807, 2.05) is 36.7 Å². The van der Waals surface area contributed by atoms with E-state index in [1.54, 1.807) is 11.2 Å². The lowest BCUT2D eigenvalue weighted by atomic mass is 10.0. The fourth-order valence-electron chi connectivity index (χ4n) is 2.32. The summed E-state index contributed by atoms with van der Waals surface area (Å²) in [7, 11) is 0. The van der Waals surface area contributed by atoms with Gasteiger partial charge in [0.1, 0.15) is 0 Å². The summed E-state index contributed by atoms with van der Waals surface area (Å²) >= 11 is 0. The molecular weight excluding hydrogens is 314 g/mol. The molecule has 1 unspecified atom stereocenters. The number of carbonyl (C=O) groups is 1. The minimum absolute atomic E-state index is 0.141. The van der Waals surface area contributed by atoms with Crippen LogP contribution in [0.25, 0.3) is 0 Å². The fourth-order valence-corrected chi connectivity index (χ4v) is 2.32. The Balaban J connectivity index is 2.07. The highest BCUT2D eigenvalue weighted by Crippen LogP contribution is 2.18. The van der Waals surface area contributed by atoms with Gasteiger partial charge in [-0.05, 0) is 29.9 Å². The summed E-state index contributed by atoms with van der Waals surface area (Å²) in [5.74, 6) is -0.368. The van der Waals surface area contributed by atoms with Crippen LogP contribution in [0.4, 0.5) is 0 Å². The Morgan fingerprint density at radius 3 is 2.92 bits per heavy atom. The Kier molecular flexibility index (Phi) is 6.69. The fraction of sp³-hybridized carbons (Fsp3) is 0.350. The van der Waals surface area contributed by atoms with Gasteiger partial charge in [-0.15, -0.1) is 0 Å². The summed E-state index contributed by atoms with van der Waals surface area (Å²) in [6, 6.07) is 7.97. The third-order valence-corrected chi connectivity index (χ3v) is 4.04. The number of rotatable bonds is 8. The molecule has 0 fully saturated rings. The van der Waals surface area contributed by atoms with Crippen molar-refractivity contribution < 1.29 is 9.90 Å². The maximum Gasteiger partial charge on any atom is 0.303 e. The van der Waals surface area contributed by atoms with Crippen LogP contribution >= 0.6 is 0 Å². The van der Waals surface area contributed by atoms with Crippen molar-refractivity contribution in [1.82, 2.24) is 5.01 Å². The van der Waals surface area contributed by atoms with E-state index in [0.29, 0.717) is 18.8 Å². The van der Waals surface area contributed by atoms with E-state index in [9.17, 15) is 4.79 Å². The van der Waals surface area contributed by atoms with Gasteiger partial charge in [-0.1, -0.05) is 44.7 Å². The normalized spacial score (nSPS) is 15.5. The van der Waals surface area contributed by atoms with Gasteiger partial charge in [-0.2, -0.15) is 5.10 Å². The largest absolute Gasteiger partial charge is 0.481 e. The number of hydrazone groups is 1. The van der Waals surface area contributed by atoms with E-state index in [1.165, 1.54) is 0 Å². The summed E-state index contributed by atoms with van der Waals surface area (Å²) in [5, 5.41) is 15.0. The number of carboxylic acid groups (broad SMARTS) is 1. The number of hydrogen-bond acceptors (Lipinski definition) is 4. The van der Waals surface area contributed by atoms with Crippen molar-refractivity contribution in [2.45, 2.75) is 39.5 Å². The Hall–Kier alpha value is -2.69. The van der Waals surface area contributed by atoms with Crippen LogP contribution in [0.1, 0.15) is 37.8 Å². The lowest BCUT2D eigenvalue weighted by molar-refractivity contribution is -0.136. The molecule has 0 saturated carbocycles. The van der Waals surface area contributed by atoms with E-state index in [0.717, 1.165) is 28.9 Å². The van der Waals surface area contributed by atoms with Crippen LogP contribution in [0, 0.1) is 5.92 Å². The van der Waals surface area contributed by atoms with Gasteiger partial charge in [0.15, 0.2) is 0 Å². The van der Waals surface area contributed by atoms with Gasteiger partial charge in [0.2, 0.25) is 0 Å². The molecule has 5 nitrogen and oxygen atoms in total. The van der Waals surface area contributed by atoms with Gasteiger partial charge in [0.05, 0.1) is 23.8 Å². The Bertz CT molecular complexity index is 719. The number of aliphatic carboxylic acids is 1. The maximum absolute atomic E-state index is 10.7. The highest BCUT2D eigenvalue weighted by Gasteiger charge is 2.10. The van der Waals surface area contributed by atoms with E-state index in [4.69, 9.17) is 5.11 Å². The number of hydrogen-bond donors (Lipinski definition) is 1. The smallest absolute Gasteiger partial charge is 0.303 e. The first-order chi connectivity index (χ1) is 12.0. The van der Waals surface area contributed by atoms with Crippen molar-refractivity contribution in [2.24, 2.45) is 16.0 Å². The van der Waals surface area contributed by atoms with Crippen LogP contribution in [-0.4, -0.2) is 28.5 Å². The number of aliphatic imine (C=N–C) groups is 1. The summed E-state index contributed by atoms with van der Waals surface area (Å²) in [5.41, 5.74) is 3.75. The van der Waals surface area contributed by atoms with Crippen molar-refractivity contribution in [3.63, 3.8) is 0 Å². The molecule has 1 aromatic rings. The first-order valence-electron chi connectivity index (χ1n) is 8.54. The zero-order valence-corrected chi connectivity index (χ0v) is 14.9. The second-order valence-corrected chi connectivity index (χ2v) is 6.26. The third kappa shape index (κ3) is 6.03. The van der Waals surface area contributed by atoms with Crippen LogP contribution in [0.15, 0.2) is 58.5 Å². The molecule has 0 saturated heterocycles. The first kappa shape index (κ1) is 18.6. The third-order valence-electron chi connectivity index (χ3n) is 4.04. The van der Waals surface area contributed by atoms with Crippen LogP contribution in [0.3, 0.4) is 0 Å². The van der Waals surface area contributed by atoms with Gasteiger partial charge in [0, 0.05) is 19.1 Å². The molecule has 1 aliphatic rings. The topological polar surface area (TPSA) is 65.3 Å².